The Morgan fingerprint density at radius 1 is 1.15 bits per heavy atom. The number of hydrogen-bond acceptors (Lipinski definition) is 2. The molecule has 0 bridgehead atoms. The third-order valence-electron chi connectivity index (χ3n) is 1.40. The Morgan fingerprint density at radius 2 is 1.54 bits per heavy atom. The van der Waals surface area contributed by atoms with E-state index >= 15 is 0 Å². The summed E-state index contributed by atoms with van der Waals surface area (Å²) < 4.78 is 1.19. The van der Waals surface area contributed by atoms with E-state index in [-0.39, 0.29) is 11.3 Å². The molecular formula is C10H21N2O+. The molecular weight excluding hydrogens is 164 g/mol. The molecule has 0 rings (SSSR count). The molecule has 2 N–H and O–H groups in total. The fraction of sp³-hybridized carbons (Fsp3) is 0.800. The van der Waals surface area contributed by atoms with E-state index in [9.17, 15) is 4.79 Å². The topological polar surface area (TPSA) is 46.1 Å². The summed E-state index contributed by atoms with van der Waals surface area (Å²) in [4.78, 5) is 11.6. The molecule has 0 saturated carbocycles. The molecule has 76 valence electrons. The van der Waals surface area contributed by atoms with Crippen LogP contribution >= 0.6 is 0 Å². The molecule has 0 spiro atoms. The largest absolute Gasteiger partial charge is 0.419 e. The van der Waals surface area contributed by atoms with E-state index in [2.05, 4.69) is 0 Å². The van der Waals surface area contributed by atoms with Crippen molar-refractivity contribution in [1.82, 2.24) is 0 Å². The highest BCUT2D eigenvalue weighted by molar-refractivity contribution is 5.77. The van der Waals surface area contributed by atoms with Gasteiger partial charge in [-0.1, -0.05) is 25.5 Å². The molecule has 0 radical (unpaired) electrons. The van der Waals surface area contributed by atoms with Gasteiger partial charge in [-0.2, -0.15) is 0 Å². The number of nitrogens with two attached hydrogens (primary N) is 1. The summed E-state index contributed by atoms with van der Waals surface area (Å²) in [6, 6.07) is 0. The zero-order valence-electron chi connectivity index (χ0n) is 9.51. The lowest BCUT2D eigenvalue weighted by Crippen LogP contribution is -2.39. The van der Waals surface area contributed by atoms with Gasteiger partial charge < -0.3 is 0 Å². The maximum absolute atomic E-state index is 11.6. The van der Waals surface area contributed by atoms with E-state index in [1.165, 1.54) is 4.68 Å². The number of hydrazone groups is 1. The van der Waals surface area contributed by atoms with Gasteiger partial charge in [-0.25, -0.2) is 10.6 Å². The van der Waals surface area contributed by atoms with E-state index in [0.717, 1.165) is 0 Å². The molecule has 0 aliphatic rings. The van der Waals surface area contributed by atoms with Gasteiger partial charge in [0.25, 0.3) is 0 Å². The van der Waals surface area contributed by atoms with Crippen LogP contribution in [0.1, 0.15) is 41.5 Å². The Bertz CT molecular complexity index is 228. The third kappa shape index (κ3) is 4.65. The van der Waals surface area contributed by atoms with Gasteiger partial charge in [0.15, 0.2) is 6.21 Å². The Kier molecular flexibility index (Phi) is 3.25. The van der Waals surface area contributed by atoms with Gasteiger partial charge in [0.1, 0.15) is 0 Å². The summed E-state index contributed by atoms with van der Waals surface area (Å²) in [6.45, 7) is 11.6. The first kappa shape index (κ1) is 12.1. The zero-order valence-corrected chi connectivity index (χ0v) is 9.51. The SMILES string of the molecule is CC(C)(C)/C=[N+](\N)C(=O)C(C)(C)C. The van der Waals surface area contributed by atoms with Crippen LogP contribution in [0.15, 0.2) is 0 Å². The predicted molar refractivity (Wildman–Crippen MR) is 54.4 cm³/mol. The average Bonchev–Trinajstić information content (AvgIpc) is 1.79. The number of rotatable bonds is 0. The van der Waals surface area contributed by atoms with Crippen molar-refractivity contribution in [2.75, 3.05) is 0 Å². The first-order valence-corrected chi connectivity index (χ1v) is 4.48. The summed E-state index contributed by atoms with van der Waals surface area (Å²) in [7, 11) is 0. The Hall–Kier alpha value is -0.860. The predicted octanol–water partition coefficient (Wildman–Crippen LogP) is 1.56. The van der Waals surface area contributed by atoms with Crippen LogP contribution in [0.3, 0.4) is 0 Å². The standard InChI is InChI=1S/C10H21N2O/c1-9(2,3)7-12(11)8(13)10(4,5)6/h7H,11H2,1-6H3/q+1/b12-7-. The second-order valence-electron chi connectivity index (χ2n) is 5.46. The minimum atomic E-state index is -0.420. The van der Waals surface area contributed by atoms with Crippen molar-refractivity contribution < 1.29 is 9.48 Å². The van der Waals surface area contributed by atoms with Crippen LogP contribution in [-0.2, 0) is 4.79 Å². The van der Waals surface area contributed by atoms with Crippen LogP contribution in [0, 0.1) is 10.8 Å². The molecule has 1 amide bonds. The van der Waals surface area contributed by atoms with Crippen molar-refractivity contribution in [3.8, 4) is 0 Å². The van der Waals surface area contributed by atoms with Gasteiger partial charge in [0.2, 0.25) is 0 Å². The van der Waals surface area contributed by atoms with Crippen molar-refractivity contribution in [1.29, 1.82) is 0 Å². The molecule has 0 aromatic heterocycles. The van der Waals surface area contributed by atoms with Crippen molar-refractivity contribution in [3.63, 3.8) is 0 Å². The van der Waals surface area contributed by atoms with Crippen LogP contribution < -0.4 is 5.84 Å². The van der Waals surface area contributed by atoms with Crippen molar-refractivity contribution in [2.24, 2.45) is 16.7 Å². The molecule has 0 saturated heterocycles. The van der Waals surface area contributed by atoms with Gasteiger partial charge in [0, 0.05) is 5.41 Å². The Labute approximate surface area is 80.6 Å². The summed E-state index contributed by atoms with van der Waals surface area (Å²) >= 11 is 0. The quantitative estimate of drug-likeness (QED) is 0.205. The van der Waals surface area contributed by atoms with Crippen LogP contribution in [0.4, 0.5) is 0 Å². The fourth-order valence-electron chi connectivity index (χ4n) is 0.863. The Balaban J connectivity index is 4.73. The summed E-state index contributed by atoms with van der Waals surface area (Å²) in [5.74, 6) is 5.55. The van der Waals surface area contributed by atoms with Crippen LogP contribution in [0.5, 0.6) is 0 Å². The summed E-state index contributed by atoms with van der Waals surface area (Å²) in [5, 5.41) is 0. The summed E-state index contributed by atoms with van der Waals surface area (Å²) in [6.07, 6.45) is 1.74. The highest BCUT2D eigenvalue weighted by Crippen LogP contribution is 2.15. The maximum Gasteiger partial charge on any atom is 0.419 e. The van der Waals surface area contributed by atoms with Gasteiger partial charge in [0.05, 0.1) is 5.41 Å². The van der Waals surface area contributed by atoms with E-state index < -0.39 is 5.41 Å². The molecule has 0 aromatic rings. The van der Waals surface area contributed by atoms with E-state index in [1.54, 1.807) is 6.21 Å². The smallest absolute Gasteiger partial charge is 0.216 e. The average molecular weight is 185 g/mol. The lowest BCUT2D eigenvalue weighted by Gasteiger charge is -2.12. The lowest BCUT2D eigenvalue weighted by molar-refractivity contribution is -0.465. The van der Waals surface area contributed by atoms with Crippen LogP contribution in [0.2, 0.25) is 0 Å². The minimum absolute atomic E-state index is 0.0672. The lowest BCUT2D eigenvalue weighted by atomic mass is 9.94. The van der Waals surface area contributed by atoms with Crippen molar-refractivity contribution in [2.45, 2.75) is 41.5 Å². The maximum atomic E-state index is 11.6. The number of amides is 1. The molecule has 0 fully saturated rings. The molecule has 0 aliphatic carbocycles. The molecule has 0 aromatic carbocycles. The summed E-state index contributed by atoms with van der Waals surface area (Å²) in [5.41, 5.74) is -0.494. The third-order valence-corrected chi connectivity index (χ3v) is 1.40. The van der Waals surface area contributed by atoms with E-state index in [4.69, 9.17) is 5.84 Å². The first-order chi connectivity index (χ1) is 5.54. The first-order valence-electron chi connectivity index (χ1n) is 4.48. The second kappa shape index (κ2) is 3.48. The highest BCUT2D eigenvalue weighted by Gasteiger charge is 2.32. The molecule has 0 heterocycles. The fourth-order valence-corrected chi connectivity index (χ4v) is 0.863. The number of carbonyl (C=O) groups is 1. The monoisotopic (exact) mass is 185 g/mol. The number of nitrogens with zero attached hydrogens (tertiary/aromatic N) is 1. The normalized spacial score (nSPS) is 14.5. The molecule has 13 heavy (non-hydrogen) atoms. The number of carbonyl (C=O) groups excluding carboxylic acids is 1. The van der Waals surface area contributed by atoms with Crippen LogP contribution in [-0.4, -0.2) is 16.8 Å². The second-order valence-corrected chi connectivity index (χ2v) is 5.46. The van der Waals surface area contributed by atoms with Crippen molar-refractivity contribution in [3.05, 3.63) is 0 Å². The number of hydrogen-bond donors (Lipinski definition) is 1. The molecule has 0 aliphatic heterocycles. The molecule has 0 unspecified atom stereocenters. The van der Waals surface area contributed by atoms with E-state index in [1.807, 2.05) is 41.5 Å². The number of hydrazine groups is 1. The zero-order chi connectivity index (χ0) is 10.9. The minimum Gasteiger partial charge on any atom is -0.216 e. The van der Waals surface area contributed by atoms with Gasteiger partial charge >= 0.3 is 5.91 Å². The molecule has 3 heteroatoms. The van der Waals surface area contributed by atoms with Gasteiger partial charge in [-0.15, -0.1) is 0 Å². The van der Waals surface area contributed by atoms with E-state index in [0.29, 0.717) is 0 Å². The van der Waals surface area contributed by atoms with Crippen molar-refractivity contribution >= 4 is 12.1 Å². The highest BCUT2D eigenvalue weighted by atomic mass is 16.2. The van der Waals surface area contributed by atoms with Crippen LogP contribution in [0.25, 0.3) is 0 Å². The van der Waals surface area contributed by atoms with Gasteiger partial charge in [-0.3, -0.25) is 0 Å². The molecule has 0 atom stereocenters. The van der Waals surface area contributed by atoms with Gasteiger partial charge in [-0.05, 0) is 20.8 Å². The molecule has 3 nitrogen and oxygen atoms in total. The Morgan fingerprint density at radius 3 is 1.77 bits per heavy atom.